The molecule has 0 spiro atoms. The molecule has 0 atom stereocenters. The van der Waals surface area contributed by atoms with E-state index in [1.54, 1.807) is 41.3 Å². The number of anilines is 1. The molecule has 0 fully saturated rings. The zero-order chi connectivity index (χ0) is 17.9. The summed E-state index contributed by atoms with van der Waals surface area (Å²) in [4.78, 5) is 31.4. The van der Waals surface area contributed by atoms with Crippen LogP contribution < -0.4 is 10.9 Å². The largest absolute Gasteiger partial charge is 0.322 e. The van der Waals surface area contributed by atoms with Crippen LogP contribution in [0.2, 0.25) is 0 Å². The van der Waals surface area contributed by atoms with Gasteiger partial charge in [0.05, 0.1) is 17.8 Å². The van der Waals surface area contributed by atoms with E-state index < -0.39 is 0 Å². The summed E-state index contributed by atoms with van der Waals surface area (Å²) in [6.45, 7) is 0.505. The molecule has 0 aliphatic rings. The number of hydrogen-bond donors (Lipinski definition) is 2. The summed E-state index contributed by atoms with van der Waals surface area (Å²) < 4.78 is 1.69. The maximum atomic E-state index is 12.6. The molecule has 0 radical (unpaired) electrons. The van der Waals surface area contributed by atoms with Crippen molar-refractivity contribution >= 4 is 22.6 Å². The molecule has 1 amide bonds. The van der Waals surface area contributed by atoms with Crippen molar-refractivity contribution in [2.24, 2.45) is 0 Å². The molecule has 0 bridgehead atoms. The normalized spacial score (nSPS) is 10.8. The monoisotopic (exact) mass is 345 g/mol. The average molecular weight is 345 g/mol. The Morgan fingerprint density at radius 1 is 1.12 bits per heavy atom. The number of amides is 1. The molecule has 4 rings (SSSR count). The standard InChI is InChI=1S/C19H15N5O2/c25-18-11-15(14-6-1-2-7-16(14)21-18)19(26)22-17-8-10-24(23-17)12-13-5-3-4-9-20-13/h1-11H,12H2,(H,21,25)(H,22,23,26). The molecule has 0 saturated carbocycles. The van der Waals surface area contributed by atoms with Crippen LogP contribution in [0.1, 0.15) is 16.1 Å². The van der Waals surface area contributed by atoms with Crippen molar-refractivity contribution in [2.45, 2.75) is 6.54 Å². The van der Waals surface area contributed by atoms with Crippen molar-refractivity contribution in [1.82, 2.24) is 19.7 Å². The molecule has 0 aliphatic heterocycles. The zero-order valence-electron chi connectivity index (χ0n) is 13.7. The number of carbonyl (C=O) groups is 1. The fraction of sp³-hybridized carbons (Fsp3) is 0.0526. The number of H-pyrrole nitrogens is 1. The first-order chi connectivity index (χ1) is 12.7. The van der Waals surface area contributed by atoms with Crippen LogP contribution in [-0.2, 0) is 6.54 Å². The average Bonchev–Trinajstić information content (AvgIpc) is 3.08. The summed E-state index contributed by atoms with van der Waals surface area (Å²) >= 11 is 0. The van der Waals surface area contributed by atoms with Gasteiger partial charge in [0, 0.05) is 35.4 Å². The summed E-state index contributed by atoms with van der Waals surface area (Å²) in [5.41, 5.74) is 1.47. The van der Waals surface area contributed by atoms with Gasteiger partial charge in [0.2, 0.25) is 5.56 Å². The molecule has 0 aliphatic carbocycles. The maximum Gasteiger partial charge on any atom is 0.257 e. The van der Waals surface area contributed by atoms with Gasteiger partial charge in [-0.3, -0.25) is 19.3 Å². The number of aromatic nitrogens is 4. The number of nitrogens with one attached hydrogen (secondary N) is 2. The van der Waals surface area contributed by atoms with Crippen molar-refractivity contribution in [3.63, 3.8) is 0 Å². The van der Waals surface area contributed by atoms with Gasteiger partial charge in [0.15, 0.2) is 5.82 Å². The molecule has 1 aromatic carbocycles. The van der Waals surface area contributed by atoms with E-state index in [1.807, 2.05) is 24.3 Å². The second-order valence-electron chi connectivity index (χ2n) is 5.77. The predicted molar refractivity (Wildman–Crippen MR) is 98.1 cm³/mol. The fourth-order valence-electron chi connectivity index (χ4n) is 2.75. The second kappa shape index (κ2) is 6.64. The Hall–Kier alpha value is -3.74. The van der Waals surface area contributed by atoms with Crippen LogP contribution in [0.4, 0.5) is 5.82 Å². The third-order valence-corrected chi connectivity index (χ3v) is 3.93. The highest BCUT2D eigenvalue weighted by atomic mass is 16.2. The lowest BCUT2D eigenvalue weighted by Gasteiger charge is -2.06. The molecule has 7 heteroatoms. The van der Waals surface area contributed by atoms with Gasteiger partial charge in [0.1, 0.15) is 0 Å². The summed E-state index contributed by atoms with van der Waals surface area (Å²) in [5.74, 6) is 0.0330. The molecule has 2 N–H and O–H groups in total. The van der Waals surface area contributed by atoms with E-state index in [0.717, 1.165) is 5.69 Å². The lowest BCUT2D eigenvalue weighted by Crippen LogP contribution is -2.17. The first-order valence-electron chi connectivity index (χ1n) is 8.06. The molecular formula is C19H15N5O2. The number of para-hydroxylation sites is 1. The minimum Gasteiger partial charge on any atom is -0.322 e. The van der Waals surface area contributed by atoms with Gasteiger partial charge in [0.25, 0.3) is 5.91 Å². The van der Waals surface area contributed by atoms with Gasteiger partial charge in [-0.2, -0.15) is 5.10 Å². The molecule has 4 aromatic rings. The Balaban J connectivity index is 1.57. The van der Waals surface area contributed by atoms with Gasteiger partial charge in [-0.25, -0.2) is 0 Å². The first kappa shape index (κ1) is 15.8. The van der Waals surface area contributed by atoms with E-state index in [0.29, 0.717) is 28.8 Å². The highest BCUT2D eigenvalue weighted by Crippen LogP contribution is 2.16. The minimum atomic E-state index is -0.379. The second-order valence-corrected chi connectivity index (χ2v) is 5.77. The van der Waals surface area contributed by atoms with Crippen LogP contribution in [0.3, 0.4) is 0 Å². The van der Waals surface area contributed by atoms with E-state index in [4.69, 9.17) is 0 Å². The van der Waals surface area contributed by atoms with Gasteiger partial charge >= 0.3 is 0 Å². The van der Waals surface area contributed by atoms with Crippen LogP contribution in [0.5, 0.6) is 0 Å². The van der Waals surface area contributed by atoms with Crippen molar-refractivity contribution in [1.29, 1.82) is 0 Å². The van der Waals surface area contributed by atoms with Crippen molar-refractivity contribution in [3.8, 4) is 0 Å². The molecule has 0 saturated heterocycles. The van der Waals surface area contributed by atoms with Crippen LogP contribution in [0.25, 0.3) is 10.9 Å². The zero-order valence-corrected chi connectivity index (χ0v) is 13.7. The Bertz CT molecular complexity index is 1130. The van der Waals surface area contributed by atoms with E-state index in [9.17, 15) is 9.59 Å². The molecule has 3 aromatic heterocycles. The van der Waals surface area contributed by atoms with Crippen LogP contribution in [0.15, 0.2) is 71.8 Å². The summed E-state index contributed by atoms with van der Waals surface area (Å²) in [6, 6.07) is 15.8. The van der Waals surface area contributed by atoms with Crippen LogP contribution >= 0.6 is 0 Å². The fourth-order valence-corrected chi connectivity index (χ4v) is 2.75. The van der Waals surface area contributed by atoms with Gasteiger partial charge in [-0.15, -0.1) is 0 Å². The number of hydrogen-bond acceptors (Lipinski definition) is 4. The smallest absolute Gasteiger partial charge is 0.257 e. The Morgan fingerprint density at radius 2 is 1.96 bits per heavy atom. The Labute approximate surface area is 148 Å². The van der Waals surface area contributed by atoms with E-state index in [-0.39, 0.29) is 11.5 Å². The molecule has 0 unspecified atom stereocenters. The highest BCUT2D eigenvalue weighted by Gasteiger charge is 2.13. The number of carbonyl (C=O) groups excluding carboxylic acids is 1. The minimum absolute atomic E-state index is 0.309. The van der Waals surface area contributed by atoms with Crippen LogP contribution in [-0.4, -0.2) is 25.7 Å². The Morgan fingerprint density at radius 3 is 2.81 bits per heavy atom. The molecular weight excluding hydrogens is 330 g/mol. The van der Waals surface area contributed by atoms with E-state index in [1.165, 1.54) is 6.07 Å². The lowest BCUT2D eigenvalue weighted by atomic mass is 10.1. The summed E-state index contributed by atoms with van der Waals surface area (Å²) in [7, 11) is 0. The van der Waals surface area contributed by atoms with Gasteiger partial charge in [-0.1, -0.05) is 24.3 Å². The molecule has 7 nitrogen and oxygen atoms in total. The Kier molecular flexibility index (Phi) is 4.03. The molecule has 26 heavy (non-hydrogen) atoms. The van der Waals surface area contributed by atoms with Crippen LogP contribution in [0, 0.1) is 0 Å². The molecule has 128 valence electrons. The highest BCUT2D eigenvalue weighted by molar-refractivity contribution is 6.11. The van der Waals surface area contributed by atoms with E-state index >= 15 is 0 Å². The number of rotatable bonds is 4. The number of aromatic amines is 1. The third-order valence-electron chi connectivity index (χ3n) is 3.93. The first-order valence-corrected chi connectivity index (χ1v) is 8.06. The van der Waals surface area contributed by atoms with Crippen molar-refractivity contribution in [3.05, 3.63) is 88.6 Å². The molecule has 3 heterocycles. The van der Waals surface area contributed by atoms with E-state index in [2.05, 4.69) is 20.4 Å². The topological polar surface area (TPSA) is 92.7 Å². The summed E-state index contributed by atoms with van der Waals surface area (Å²) in [6.07, 6.45) is 3.49. The number of nitrogens with zero attached hydrogens (tertiary/aromatic N) is 3. The predicted octanol–water partition coefficient (Wildman–Crippen LogP) is 2.42. The number of benzene rings is 1. The number of pyridine rings is 2. The summed E-state index contributed by atoms with van der Waals surface area (Å²) in [5, 5.41) is 7.75. The third kappa shape index (κ3) is 3.23. The SMILES string of the molecule is O=C(Nc1ccn(Cc2ccccn2)n1)c1cc(=O)[nH]c2ccccc12. The van der Waals surface area contributed by atoms with Crippen molar-refractivity contribution < 1.29 is 4.79 Å². The quantitative estimate of drug-likeness (QED) is 0.594. The van der Waals surface area contributed by atoms with Gasteiger partial charge in [-0.05, 0) is 18.2 Å². The van der Waals surface area contributed by atoms with Gasteiger partial charge < -0.3 is 10.3 Å². The number of fused-ring (bicyclic) bond motifs is 1. The lowest BCUT2D eigenvalue weighted by molar-refractivity contribution is 0.102. The van der Waals surface area contributed by atoms with Crippen molar-refractivity contribution in [2.75, 3.05) is 5.32 Å². The maximum absolute atomic E-state index is 12.6.